The molecule has 0 radical (unpaired) electrons. The molecule has 0 amide bonds. The van der Waals surface area contributed by atoms with Gasteiger partial charge in [-0.2, -0.15) is 0 Å². The molecular weight excluding hydrogens is 376 g/mol. The van der Waals surface area contributed by atoms with Crippen LogP contribution in [0, 0.1) is 13.8 Å². The van der Waals surface area contributed by atoms with Crippen LogP contribution >= 0.6 is 0 Å². The predicted octanol–water partition coefficient (Wildman–Crippen LogP) is 4.16. The van der Waals surface area contributed by atoms with E-state index >= 15 is 0 Å². The Labute approximate surface area is 175 Å². The number of ether oxygens (including phenoxy) is 1. The Morgan fingerprint density at radius 2 is 1.77 bits per heavy atom. The number of anilines is 1. The Morgan fingerprint density at radius 1 is 0.967 bits per heavy atom. The second kappa shape index (κ2) is 8.88. The Balaban J connectivity index is 1.42. The smallest absolute Gasteiger partial charge is 0.180 e. The summed E-state index contributed by atoms with van der Waals surface area (Å²) in [7, 11) is 0. The highest BCUT2D eigenvalue weighted by molar-refractivity contribution is 5.88. The average Bonchev–Trinajstić information content (AvgIpc) is 2.79. The molecule has 2 aromatic heterocycles. The maximum absolute atomic E-state index is 10.4. The van der Waals surface area contributed by atoms with Crippen LogP contribution in [-0.2, 0) is 0 Å². The Morgan fingerprint density at radius 3 is 2.60 bits per heavy atom. The monoisotopic (exact) mass is 400 g/mol. The summed E-state index contributed by atoms with van der Waals surface area (Å²) >= 11 is 0. The van der Waals surface area contributed by atoms with Crippen molar-refractivity contribution in [1.29, 1.82) is 0 Å². The van der Waals surface area contributed by atoms with Gasteiger partial charge in [0, 0.05) is 29.4 Å². The number of aliphatic hydroxyl groups is 1. The maximum atomic E-state index is 10.4. The van der Waals surface area contributed by atoms with Crippen LogP contribution in [0.2, 0.25) is 0 Å². The number of nitrogens with one attached hydrogen (secondary N) is 1. The van der Waals surface area contributed by atoms with E-state index in [1.165, 1.54) is 0 Å². The lowest BCUT2D eigenvalue weighted by Gasteiger charge is -2.16. The van der Waals surface area contributed by atoms with Crippen molar-refractivity contribution in [3.63, 3.8) is 0 Å². The molecule has 6 heteroatoms. The van der Waals surface area contributed by atoms with Gasteiger partial charge in [0.15, 0.2) is 5.82 Å². The SMILES string of the molecule is Cc1nc(-c2ccccn2)nc(NCC(O)COc2cccc3ccccc23)c1C. The number of nitrogens with zero attached hydrogens (tertiary/aromatic N) is 3. The first-order valence-corrected chi connectivity index (χ1v) is 9.91. The normalized spacial score (nSPS) is 12.0. The molecule has 2 aromatic carbocycles. The number of pyridine rings is 1. The van der Waals surface area contributed by atoms with Gasteiger partial charge in [-0.3, -0.25) is 4.98 Å². The van der Waals surface area contributed by atoms with Gasteiger partial charge < -0.3 is 15.2 Å². The van der Waals surface area contributed by atoms with Gasteiger partial charge in [0.1, 0.15) is 30.0 Å². The van der Waals surface area contributed by atoms with E-state index in [2.05, 4.69) is 20.3 Å². The molecule has 0 bridgehead atoms. The van der Waals surface area contributed by atoms with Crippen LogP contribution < -0.4 is 10.1 Å². The first kappa shape index (κ1) is 19.8. The van der Waals surface area contributed by atoms with E-state index in [0.29, 0.717) is 23.9 Å². The fourth-order valence-electron chi connectivity index (χ4n) is 3.19. The Bertz CT molecular complexity index is 1140. The summed E-state index contributed by atoms with van der Waals surface area (Å²) < 4.78 is 5.88. The van der Waals surface area contributed by atoms with Crippen LogP contribution in [0.1, 0.15) is 11.3 Å². The zero-order valence-electron chi connectivity index (χ0n) is 17.0. The topological polar surface area (TPSA) is 80.2 Å². The number of hydrogen-bond acceptors (Lipinski definition) is 6. The minimum absolute atomic E-state index is 0.178. The molecule has 0 aliphatic rings. The van der Waals surface area contributed by atoms with Crippen molar-refractivity contribution in [1.82, 2.24) is 15.0 Å². The van der Waals surface area contributed by atoms with Crippen LogP contribution in [0.5, 0.6) is 5.75 Å². The zero-order valence-corrected chi connectivity index (χ0v) is 17.0. The fraction of sp³-hybridized carbons (Fsp3) is 0.208. The second-order valence-corrected chi connectivity index (χ2v) is 7.14. The summed E-state index contributed by atoms with van der Waals surface area (Å²) in [6.45, 7) is 4.38. The third-order valence-electron chi connectivity index (χ3n) is 4.97. The zero-order chi connectivity index (χ0) is 20.9. The lowest BCUT2D eigenvalue weighted by molar-refractivity contribution is 0.118. The second-order valence-electron chi connectivity index (χ2n) is 7.14. The molecule has 0 saturated carbocycles. The van der Waals surface area contributed by atoms with Crippen molar-refractivity contribution >= 4 is 16.6 Å². The van der Waals surface area contributed by atoms with E-state index in [-0.39, 0.29) is 6.61 Å². The molecule has 1 unspecified atom stereocenters. The summed E-state index contributed by atoms with van der Waals surface area (Å²) in [6.07, 6.45) is 1.02. The number of aliphatic hydroxyl groups excluding tert-OH is 1. The van der Waals surface area contributed by atoms with Crippen molar-refractivity contribution in [3.05, 3.63) is 78.1 Å². The van der Waals surface area contributed by atoms with Crippen molar-refractivity contribution in [3.8, 4) is 17.3 Å². The number of fused-ring (bicyclic) bond motifs is 1. The fourth-order valence-corrected chi connectivity index (χ4v) is 3.19. The van der Waals surface area contributed by atoms with E-state index in [1.807, 2.05) is 74.5 Å². The van der Waals surface area contributed by atoms with Crippen molar-refractivity contribution in [2.45, 2.75) is 20.0 Å². The van der Waals surface area contributed by atoms with Gasteiger partial charge >= 0.3 is 0 Å². The van der Waals surface area contributed by atoms with E-state index in [4.69, 9.17) is 4.74 Å². The number of benzene rings is 2. The van der Waals surface area contributed by atoms with E-state index in [1.54, 1.807) is 6.20 Å². The van der Waals surface area contributed by atoms with Crippen LogP contribution in [-0.4, -0.2) is 39.3 Å². The van der Waals surface area contributed by atoms with Crippen molar-refractivity contribution in [2.75, 3.05) is 18.5 Å². The molecule has 4 rings (SSSR count). The van der Waals surface area contributed by atoms with Gasteiger partial charge in [0.25, 0.3) is 0 Å². The molecular formula is C24H24N4O2. The minimum Gasteiger partial charge on any atom is -0.490 e. The number of rotatable bonds is 7. The van der Waals surface area contributed by atoms with Gasteiger partial charge in [0.2, 0.25) is 0 Å². The van der Waals surface area contributed by atoms with E-state index in [9.17, 15) is 5.11 Å². The molecule has 0 saturated heterocycles. The first-order chi connectivity index (χ1) is 14.6. The standard InChI is InChI=1S/C24H24N4O2/c1-16-17(2)27-24(21-11-5-6-13-25-21)28-23(16)26-14-19(29)15-30-22-12-7-9-18-8-3-4-10-20(18)22/h3-13,19,29H,14-15H2,1-2H3,(H,26,27,28). The molecule has 2 heterocycles. The lowest BCUT2D eigenvalue weighted by Crippen LogP contribution is -2.27. The molecule has 0 aliphatic carbocycles. The van der Waals surface area contributed by atoms with Crippen LogP contribution in [0.25, 0.3) is 22.3 Å². The third kappa shape index (κ3) is 4.39. The Kier molecular flexibility index (Phi) is 5.86. The van der Waals surface area contributed by atoms with Crippen LogP contribution in [0.4, 0.5) is 5.82 Å². The summed E-state index contributed by atoms with van der Waals surface area (Å²) in [6, 6.07) is 19.6. The van der Waals surface area contributed by atoms with Gasteiger partial charge in [0.05, 0.1) is 0 Å². The molecule has 6 nitrogen and oxygen atoms in total. The molecule has 4 aromatic rings. The minimum atomic E-state index is -0.697. The molecule has 0 spiro atoms. The number of aromatic nitrogens is 3. The summed E-state index contributed by atoms with van der Waals surface area (Å²) in [5.41, 5.74) is 2.52. The highest BCUT2D eigenvalue weighted by Crippen LogP contribution is 2.25. The number of aryl methyl sites for hydroxylation is 1. The van der Waals surface area contributed by atoms with E-state index < -0.39 is 6.10 Å². The van der Waals surface area contributed by atoms with Gasteiger partial charge in [-0.25, -0.2) is 9.97 Å². The molecule has 0 fully saturated rings. The highest BCUT2D eigenvalue weighted by atomic mass is 16.5. The summed E-state index contributed by atoms with van der Waals surface area (Å²) in [5.74, 6) is 2.01. The largest absolute Gasteiger partial charge is 0.490 e. The molecule has 2 N–H and O–H groups in total. The van der Waals surface area contributed by atoms with Crippen LogP contribution in [0.3, 0.4) is 0 Å². The number of hydrogen-bond donors (Lipinski definition) is 2. The van der Waals surface area contributed by atoms with Gasteiger partial charge in [-0.05, 0) is 37.4 Å². The third-order valence-corrected chi connectivity index (χ3v) is 4.97. The molecule has 0 aliphatic heterocycles. The van der Waals surface area contributed by atoms with Crippen LogP contribution in [0.15, 0.2) is 66.9 Å². The van der Waals surface area contributed by atoms with Gasteiger partial charge in [-0.1, -0.05) is 42.5 Å². The van der Waals surface area contributed by atoms with Gasteiger partial charge in [-0.15, -0.1) is 0 Å². The van der Waals surface area contributed by atoms with Crippen molar-refractivity contribution in [2.24, 2.45) is 0 Å². The quantitative estimate of drug-likeness (QED) is 0.485. The average molecular weight is 400 g/mol. The maximum Gasteiger partial charge on any atom is 0.180 e. The highest BCUT2D eigenvalue weighted by Gasteiger charge is 2.13. The Hall–Kier alpha value is -3.51. The summed E-state index contributed by atoms with van der Waals surface area (Å²) in [4.78, 5) is 13.5. The lowest BCUT2D eigenvalue weighted by atomic mass is 10.1. The molecule has 1 atom stereocenters. The van der Waals surface area contributed by atoms with E-state index in [0.717, 1.165) is 27.8 Å². The molecule has 152 valence electrons. The predicted molar refractivity (Wildman–Crippen MR) is 119 cm³/mol. The molecule has 30 heavy (non-hydrogen) atoms. The summed E-state index contributed by atoms with van der Waals surface area (Å²) in [5, 5.41) is 15.8. The first-order valence-electron chi connectivity index (χ1n) is 9.91. The van der Waals surface area contributed by atoms with Crippen molar-refractivity contribution < 1.29 is 9.84 Å².